The van der Waals surface area contributed by atoms with E-state index in [4.69, 9.17) is 0 Å². The summed E-state index contributed by atoms with van der Waals surface area (Å²) in [5.41, 5.74) is 1.20. The molecule has 1 aliphatic heterocycles. The number of benzene rings is 1. The highest BCUT2D eigenvalue weighted by molar-refractivity contribution is 5.16. The SMILES string of the molecule is CCC(C)C1CN(Cc2ccc(F)cc2)CCCN1. The molecule has 19 heavy (non-hydrogen) atoms. The van der Waals surface area contributed by atoms with Crippen molar-refractivity contribution in [3.63, 3.8) is 0 Å². The van der Waals surface area contributed by atoms with Crippen molar-refractivity contribution in [2.45, 2.75) is 39.3 Å². The van der Waals surface area contributed by atoms with Crippen molar-refractivity contribution in [3.05, 3.63) is 35.6 Å². The van der Waals surface area contributed by atoms with Crippen LogP contribution in [-0.4, -0.2) is 30.6 Å². The molecule has 0 bridgehead atoms. The molecule has 1 N–H and O–H groups in total. The van der Waals surface area contributed by atoms with E-state index < -0.39 is 0 Å². The first kappa shape index (κ1) is 14.5. The van der Waals surface area contributed by atoms with Crippen molar-refractivity contribution in [1.82, 2.24) is 10.2 Å². The summed E-state index contributed by atoms with van der Waals surface area (Å²) in [5, 5.41) is 3.66. The van der Waals surface area contributed by atoms with Gasteiger partial charge < -0.3 is 5.32 Å². The van der Waals surface area contributed by atoms with E-state index in [-0.39, 0.29) is 5.82 Å². The molecule has 2 rings (SSSR count). The van der Waals surface area contributed by atoms with Crippen molar-refractivity contribution >= 4 is 0 Å². The Labute approximate surface area is 116 Å². The molecule has 1 fully saturated rings. The van der Waals surface area contributed by atoms with E-state index in [0.717, 1.165) is 26.2 Å². The van der Waals surface area contributed by atoms with Crippen molar-refractivity contribution in [2.24, 2.45) is 5.92 Å². The largest absolute Gasteiger partial charge is 0.312 e. The third kappa shape index (κ3) is 4.29. The van der Waals surface area contributed by atoms with Crippen LogP contribution in [0, 0.1) is 11.7 Å². The summed E-state index contributed by atoms with van der Waals surface area (Å²) in [6.07, 6.45) is 2.40. The lowest BCUT2D eigenvalue weighted by atomic mass is 9.99. The highest BCUT2D eigenvalue weighted by atomic mass is 19.1. The predicted octanol–water partition coefficient (Wildman–Crippen LogP) is 3.04. The van der Waals surface area contributed by atoms with Gasteiger partial charge in [-0.3, -0.25) is 4.90 Å². The molecule has 1 heterocycles. The molecule has 0 aliphatic carbocycles. The van der Waals surface area contributed by atoms with E-state index in [2.05, 4.69) is 24.1 Å². The molecule has 0 amide bonds. The normalized spacial score (nSPS) is 23.0. The molecule has 0 aromatic heterocycles. The minimum absolute atomic E-state index is 0.154. The lowest BCUT2D eigenvalue weighted by Gasteiger charge is -2.28. The number of halogens is 1. The summed E-state index contributed by atoms with van der Waals surface area (Å²) in [6.45, 7) is 8.81. The Balaban J connectivity index is 1.96. The fraction of sp³-hybridized carbons (Fsp3) is 0.625. The van der Waals surface area contributed by atoms with Gasteiger partial charge in [-0.15, -0.1) is 0 Å². The summed E-state index contributed by atoms with van der Waals surface area (Å²) in [6, 6.07) is 7.47. The molecule has 1 aromatic rings. The van der Waals surface area contributed by atoms with Gasteiger partial charge in [0.25, 0.3) is 0 Å². The Morgan fingerprint density at radius 1 is 1.37 bits per heavy atom. The first-order valence-electron chi connectivity index (χ1n) is 7.39. The summed E-state index contributed by atoms with van der Waals surface area (Å²) < 4.78 is 12.9. The molecule has 0 saturated carbocycles. The Morgan fingerprint density at radius 3 is 2.79 bits per heavy atom. The fourth-order valence-electron chi connectivity index (χ4n) is 2.68. The second kappa shape index (κ2) is 7.01. The number of hydrogen-bond acceptors (Lipinski definition) is 2. The second-order valence-electron chi connectivity index (χ2n) is 5.66. The van der Waals surface area contributed by atoms with E-state index >= 15 is 0 Å². The average Bonchev–Trinajstić information content (AvgIpc) is 2.66. The molecular weight excluding hydrogens is 239 g/mol. The summed E-state index contributed by atoms with van der Waals surface area (Å²) >= 11 is 0. The van der Waals surface area contributed by atoms with Gasteiger partial charge in [-0.05, 0) is 43.1 Å². The van der Waals surface area contributed by atoms with Crippen LogP contribution >= 0.6 is 0 Å². The Bertz CT molecular complexity index is 377. The number of nitrogens with one attached hydrogen (secondary N) is 1. The van der Waals surface area contributed by atoms with Crippen LogP contribution in [0.2, 0.25) is 0 Å². The zero-order valence-electron chi connectivity index (χ0n) is 12.0. The molecular formula is C16H25FN2. The van der Waals surface area contributed by atoms with Gasteiger partial charge in [-0.25, -0.2) is 4.39 Å². The van der Waals surface area contributed by atoms with Crippen LogP contribution in [0.5, 0.6) is 0 Å². The van der Waals surface area contributed by atoms with Crippen LogP contribution < -0.4 is 5.32 Å². The van der Waals surface area contributed by atoms with Crippen LogP contribution in [0.25, 0.3) is 0 Å². The molecule has 1 aromatic carbocycles. The third-order valence-corrected chi connectivity index (χ3v) is 4.16. The van der Waals surface area contributed by atoms with Gasteiger partial charge in [0.1, 0.15) is 5.82 Å². The van der Waals surface area contributed by atoms with Crippen LogP contribution in [0.3, 0.4) is 0 Å². The topological polar surface area (TPSA) is 15.3 Å². The summed E-state index contributed by atoms with van der Waals surface area (Å²) in [4.78, 5) is 2.49. The molecule has 2 nitrogen and oxygen atoms in total. The number of nitrogens with zero attached hydrogens (tertiary/aromatic N) is 1. The maximum atomic E-state index is 12.9. The standard InChI is InChI=1S/C16H25FN2/c1-3-13(2)16-12-19(10-4-9-18-16)11-14-5-7-15(17)8-6-14/h5-8,13,16,18H,3-4,9-12H2,1-2H3. The predicted molar refractivity (Wildman–Crippen MR) is 77.5 cm³/mol. The number of rotatable bonds is 4. The van der Waals surface area contributed by atoms with E-state index in [9.17, 15) is 4.39 Å². The molecule has 2 atom stereocenters. The van der Waals surface area contributed by atoms with Gasteiger partial charge >= 0.3 is 0 Å². The second-order valence-corrected chi connectivity index (χ2v) is 5.66. The fourth-order valence-corrected chi connectivity index (χ4v) is 2.68. The van der Waals surface area contributed by atoms with Crippen molar-refractivity contribution in [3.8, 4) is 0 Å². The number of hydrogen-bond donors (Lipinski definition) is 1. The zero-order valence-corrected chi connectivity index (χ0v) is 12.0. The van der Waals surface area contributed by atoms with Gasteiger partial charge in [0.05, 0.1) is 0 Å². The molecule has 1 aliphatic rings. The van der Waals surface area contributed by atoms with E-state index in [1.807, 2.05) is 12.1 Å². The van der Waals surface area contributed by atoms with Crippen molar-refractivity contribution < 1.29 is 4.39 Å². The van der Waals surface area contributed by atoms with E-state index in [1.54, 1.807) is 12.1 Å². The quantitative estimate of drug-likeness (QED) is 0.899. The van der Waals surface area contributed by atoms with Gasteiger partial charge in [-0.1, -0.05) is 32.4 Å². The smallest absolute Gasteiger partial charge is 0.123 e. The lowest BCUT2D eigenvalue weighted by molar-refractivity contribution is 0.231. The van der Waals surface area contributed by atoms with Crippen molar-refractivity contribution in [2.75, 3.05) is 19.6 Å². The van der Waals surface area contributed by atoms with Crippen LogP contribution in [0.15, 0.2) is 24.3 Å². The maximum absolute atomic E-state index is 12.9. The highest BCUT2D eigenvalue weighted by Gasteiger charge is 2.21. The average molecular weight is 264 g/mol. The Hall–Kier alpha value is -0.930. The van der Waals surface area contributed by atoms with Gasteiger partial charge in [-0.2, -0.15) is 0 Å². The maximum Gasteiger partial charge on any atom is 0.123 e. The minimum atomic E-state index is -0.154. The molecule has 2 unspecified atom stereocenters. The monoisotopic (exact) mass is 264 g/mol. The molecule has 0 radical (unpaired) electrons. The third-order valence-electron chi connectivity index (χ3n) is 4.16. The molecule has 0 spiro atoms. The van der Waals surface area contributed by atoms with Gasteiger partial charge in [0.2, 0.25) is 0 Å². The van der Waals surface area contributed by atoms with Crippen LogP contribution in [0.1, 0.15) is 32.3 Å². The van der Waals surface area contributed by atoms with Crippen molar-refractivity contribution in [1.29, 1.82) is 0 Å². The Morgan fingerprint density at radius 2 is 2.11 bits per heavy atom. The first-order valence-corrected chi connectivity index (χ1v) is 7.39. The van der Waals surface area contributed by atoms with E-state index in [1.165, 1.54) is 18.4 Å². The molecule has 106 valence electrons. The zero-order chi connectivity index (χ0) is 13.7. The Kier molecular flexibility index (Phi) is 5.34. The van der Waals surface area contributed by atoms with Gasteiger partial charge in [0.15, 0.2) is 0 Å². The molecule has 1 saturated heterocycles. The van der Waals surface area contributed by atoms with Crippen LogP contribution in [-0.2, 0) is 6.54 Å². The lowest BCUT2D eigenvalue weighted by Crippen LogP contribution is -2.41. The van der Waals surface area contributed by atoms with Crippen LogP contribution in [0.4, 0.5) is 4.39 Å². The minimum Gasteiger partial charge on any atom is -0.312 e. The van der Waals surface area contributed by atoms with E-state index in [0.29, 0.717) is 12.0 Å². The summed E-state index contributed by atoms with van der Waals surface area (Å²) in [7, 11) is 0. The summed E-state index contributed by atoms with van der Waals surface area (Å²) in [5.74, 6) is 0.549. The molecule has 3 heteroatoms. The highest BCUT2D eigenvalue weighted by Crippen LogP contribution is 2.15. The first-order chi connectivity index (χ1) is 9.19. The van der Waals surface area contributed by atoms with Gasteiger partial charge in [0, 0.05) is 19.1 Å².